The molecule has 1 heterocycles. The van der Waals surface area contributed by atoms with Gasteiger partial charge in [0.1, 0.15) is 12.2 Å². The van der Waals surface area contributed by atoms with Gasteiger partial charge in [-0.15, -0.1) is 0 Å². The van der Waals surface area contributed by atoms with Crippen molar-refractivity contribution < 1.29 is 13.2 Å². The van der Waals surface area contributed by atoms with Crippen molar-refractivity contribution >= 4 is 0 Å². The van der Waals surface area contributed by atoms with Gasteiger partial charge in [-0.2, -0.15) is 18.3 Å². The van der Waals surface area contributed by atoms with Crippen LogP contribution in [0.5, 0.6) is 0 Å². The zero-order chi connectivity index (χ0) is 9.90. The molecule has 1 aromatic heterocycles. The van der Waals surface area contributed by atoms with Gasteiger partial charge in [-0.25, -0.2) is 9.67 Å². The molecule has 0 saturated carbocycles. The standard InChI is InChI=1S/C6H9F3N4/c7-6(8,9)1-2-13-5(3-10)11-4-12-13/h4H,1-3,10H2. The largest absolute Gasteiger partial charge is 0.390 e. The maximum Gasteiger partial charge on any atom is 0.390 e. The Labute approximate surface area is 72.6 Å². The summed E-state index contributed by atoms with van der Waals surface area (Å²) in [6.45, 7) is -0.131. The predicted molar refractivity (Wildman–Crippen MR) is 38.6 cm³/mol. The number of nitrogens with two attached hydrogens (primary N) is 1. The Morgan fingerprint density at radius 1 is 1.46 bits per heavy atom. The van der Waals surface area contributed by atoms with Gasteiger partial charge in [0.2, 0.25) is 0 Å². The van der Waals surface area contributed by atoms with E-state index < -0.39 is 12.6 Å². The van der Waals surface area contributed by atoms with Crippen molar-refractivity contribution in [2.75, 3.05) is 0 Å². The Bertz CT molecular complexity index is 267. The monoisotopic (exact) mass is 194 g/mol. The highest BCUT2D eigenvalue weighted by molar-refractivity contribution is 4.82. The fraction of sp³-hybridized carbons (Fsp3) is 0.667. The van der Waals surface area contributed by atoms with Gasteiger partial charge in [0.25, 0.3) is 0 Å². The summed E-state index contributed by atoms with van der Waals surface area (Å²) in [6, 6.07) is 0. The number of aromatic nitrogens is 3. The third-order valence-corrected chi connectivity index (χ3v) is 1.49. The highest BCUT2D eigenvalue weighted by Crippen LogP contribution is 2.20. The number of halogens is 3. The third-order valence-electron chi connectivity index (χ3n) is 1.49. The molecule has 0 spiro atoms. The summed E-state index contributed by atoms with van der Waals surface area (Å²) in [5.74, 6) is 0.365. The molecule has 2 N–H and O–H groups in total. The minimum absolute atomic E-state index is 0.0951. The molecular weight excluding hydrogens is 185 g/mol. The van der Waals surface area contributed by atoms with Gasteiger partial charge in [-0.1, -0.05) is 0 Å². The van der Waals surface area contributed by atoms with Gasteiger partial charge in [0, 0.05) is 0 Å². The average Bonchev–Trinajstić information content (AvgIpc) is 2.46. The summed E-state index contributed by atoms with van der Waals surface area (Å²) in [6.07, 6.45) is -3.89. The maximum absolute atomic E-state index is 11.8. The maximum atomic E-state index is 11.8. The van der Waals surface area contributed by atoms with Gasteiger partial charge in [-0.05, 0) is 0 Å². The van der Waals surface area contributed by atoms with E-state index in [1.54, 1.807) is 0 Å². The van der Waals surface area contributed by atoms with E-state index >= 15 is 0 Å². The summed E-state index contributed by atoms with van der Waals surface area (Å²) in [7, 11) is 0. The number of alkyl halides is 3. The quantitative estimate of drug-likeness (QED) is 0.770. The molecule has 0 aliphatic rings. The SMILES string of the molecule is NCc1ncnn1CCC(F)(F)F. The minimum Gasteiger partial charge on any atom is -0.324 e. The summed E-state index contributed by atoms with van der Waals surface area (Å²) >= 11 is 0. The van der Waals surface area contributed by atoms with Gasteiger partial charge in [-0.3, -0.25) is 0 Å². The first-order chi connectivity index (χ1) is 6.03. The van der Waals surface area contributed by atoms with E-state index in [4.69, 9.17) is 5.73 Å². The first-order valence-electron chi connectivity index (χ1n) is 3.66. The van der Waals surface area contributed by atoms with Crippen LogP contribution in [0.15, 0.2) is 6.33 Å². The molecular formula is C6H9F3N4. The van der Waals surface area contributed by atoms with E-state index in [1.165, 1.54) is 6.33 Å². The van der Waals surface area contributed by atoms with Crippen LogP contribution in [0.4, 0.5) is 13.2 Å². The molecule has 0 radical (unpaired) electrons. The Kier molecular flexibility index (Phi) is 2.86. The second kappa shape index (κ2) is 3.73. The Balaban J connectivity index is 2.54. The molecule has 0 aliphatic heterocycles. The highest BCUT2D eigenvalue weighted by Gasteiger charge is 2.27. The first-order valence-corrected chi connectivity index (χ1v) is 3.66. The van der Waals surface area contributed by atoms with Crippen LogP contribution in [0.1, 0.15) is 12.2 Å². The van der Waals surface area contributed by atoms with E-state index in [2.05, 4.69) is 10.1 Å². The number of nitrogens with zero attached hydrogens (tertiary/aromatic N) is 3. The van der Waals surface area contributed by atoms with Crippen molar-refractivity contribution in [3.8, 4) is 0 Å². The fourth-order valence-corrected chi connectivity index (χ4v) is 0.866. The lowest BCUT2D eigenvalue weighted by atomic mass is 10.4. The molecule has 0 atom stereocenters. The zero-order valence-electron chi connectivity index (χ0n) is 6.75. The van der Waals surface area contributed by atoms with E-state index in [9.17, 15) is 13.2 Å². The van der Waals surface area contributed by atoms with Crippen molar-refractivity contribution in [3.63, 3.8) is 0 Å². The molecule has 0 aromatic carbocycles. The predicted octanol–water partition coefficient (Wildman–Crippen LogP) is 0.689. The smallest absolute Gasteiger partial charge is 0.324 e. The number of rotatable bonds is 3. The Hall–Kier alpha value is -1.11. The van der Waals surface area contributed by atoms with E-state index in [0.717, 1.165) is 4.68 Å². The summed E-state index contributed by atoms with van der Waals surface area (Å²) in [5, 5.41) is 3.62. The second-order valence-corrected chi connectivity index (χ2v) is 2.47. The van der Waals surface area contributed by atoms with Crippen molar-refractivity contribution in [2.24, 2.45) is 5.73 Å². The molecule has 7 heteroatoms. The van der Waals surface area contributed by atoms with Crippen LogP contribution in [0.3, 0.4) is 0 Å². The molecule has 0 unspecified atom stereocenters. The molecule has 0 bridgehead atoms. The Morgan fingerprint density at radius 2 is 2.15 bits per heavy atom. The fourth-order valence-electron chi connectivity index (χ4n) is 0.866. The van der Waals surface area contributed by atoms with Crippen LogP contribution in [0.2, 0.25) is 0 Å². The van der Waals surface area contributed by atoms with Gasteiger partial charge >= 0.3 is 6.18 Å². The molecule has 13 heavy (non-hydrogen) atoms. The number of aryl methyl sites for hydroxylation is 1. The molecule has 0 saturated heterocycles. The number of hydrogen-bond donors (Lipinski definition) is 1. The van der Waals surface area contributed by atoms with Gasteiger partial charge in [0.15, 0.2) is 0 Å². The van der Waals surface area contributed by atoms with Crippen molar-refractivity contribution in [3.05, 3.63) is 12.2 Å². The third kappa shape index (κ3) is 3.02. The topological polar surface area (TPSA) is 56.7 Å². The van der Waals surface area contributed by atoms with Gasteiger partial charge < -0.3 is 5.73 Å². The van der Waals surface area contributed by atoms with Crippen LogP contribution in [-0.2, 0) is 13.1 Å². The first kappa shape index (κ1) is 9.97. The lowest BCUT2D eigenvalue weighted by Crippen LogP contribution is -2.16. The lowest BCUT2D eigenvalue weighted by Gasteiger charge is -2.07. The average molecular weight is 194 g/mol. The lowest BCUT2D eigenvalue weighted by molar-refractivity contribution is -0.137. The molecule has 74 valence electrons. The molecule has 1 aromatic rings. The minimum atomic E-state index is -4.17. The van der Waals surface area contributed by atoms with E-state index in [0.29, 0.717) is 5.82 Å². The molecule has 0 fully saturated rings. The molecule has 0 aliphatic carbocycles. The van der Waals surface area contributed by atoms with Gasteiger partial charge in [0.05, 0.1) is 19.5 Å². The van der Waals surface area contributed by atoms with Crippen LogP contribution in [0, 0.1) is 0 Å². The van der Waals surface area contributed by atoms with Crippen LogP contribution >= 0.6 is 0 Å². The second-order valence-electron chi connectivity index (χ2n) is 2.47. The van der Waals surface area contributed by atoms with Crippen molar-refractivity contribution in [1.29, 1.82) is 0 Å². The zero-order valence-corrected chi connectivity index (χ0v) is 6.75. The normalized spacial score (nSPS) is 12.0. The molecule has 1 rings (SSSR count). The summed E-state index contributed by atoms with van der Waals surface area (Å²) < 4.78 is 36.5. The van der Waals surface area contributed by atoms with Crippen molar-refractivity contribution in [1.82, 2.24) is 14.8 Å². The van der Waals surface area contributed by atoms with Crippen LogP contribution in [0.25, 0.3) is 0 Å². The summed E-state index contributed by atoms with van der Waals surface area (Å²) in [4.78, 5) is 3.69. The summed E-state index contributed by atoms with van der Waals surface area (Å²) in [5.41, 5.74) is 5.23. The van der Waals surface area contributed by atoms with Crippen LogP contribution in [-0.4, -0.2) is 20.9 Å². The van der Waals surface area contributed by atoms with E-state index in [1.807, 2.05) is 0 Å². The van der Waals surface area contributed by atoms with E-state index in [-0.39, 0.29) is 13.1 Å². The van der Waals surface area contributed by atoms with Crippen LogP contribution < -0.4 is 5.73 Å². The highest BCUT2D eigenvalue weighted by atomic mass is 19.4. The number of hydrogen-bond acceptors (Lipinski definition) is 3. The molecule has 0 amide bonds. The molecule has 4 nitrogen and oxygen atoms in total. The Morgan fingerprint density at radius 3 is 2.69 bits per heavy atom. The van der Waals surface area contributed by atoms with Crippen molar-refractivity contribution in [2.45, 2.75) is 25.7 Å².